The molecule has 0 bridgehead atoms. The Hall–Kier alpha value is -1.75. The van der Waals surface area contributed by atoms with E-state index >= 15 is 0 Å². The summed E-state index contributed by atoms with van der Waals surface area (Å²) in [6.07, 6.45) is 10.8. The molecule has 0 amide bonds. The van der Waals surface area contributed by atoms with Crippen LogP contribution < -0.4 is 0 Å². The van der Waals surface area contributed by atoms with Gasteiger partial charge in [-0.3, -0.25) is 43.8 Å². The second-order valence-corrected chi connectivity index (χ2v) is 29.7. The maximum absolute atomic E-state index is 11.8. The van der Waals surface area contributed by atoms with Gasteiger partial charge in [-0.2, -0.15) is 0 Å². The molecule has 410 valence electrons. The van der Waals surface area contributed by atoms with Crippen LogP contribution in [0.3, 0.4) is 0 Å². The number of hydrogen-bond donors (Lipinski definition) is 0. The van der Waals surface area contributed by atoms with Gasteiger partial charge in [0.25, 0.3) is 0 Å². The number of ketones is 3. The van der Waals surface area contributed by atoms with Gasteiger partial charge in [-0.25, -0.2) is 0 Å². The van der Waals surface area contributed by atoms with Crippen molar-refractivity contribution in [1.82, 2.24) is 29.4 Å². The molecule has 7 rings (SSSR count). The largest absolute Gasteiger partial charge is 0.298 e. The molecule has 0 aromatic heterocycles. The van der Waals surface area contributed by atoms with Crippen LogP contribution in [-0.2, 0) is 14.4 Å². The van der Waals surface area contributed by atoms with E-state index in [9.17, 15) is 14.4 Å². The highest BCUT2D eigenvalue weighted by Crippen LogP contribution is 2.51. The molecule has 1 unspecified atom stereocenters. The Labute approximate surface area is 435 Å². The number of carbonyl (C=O) groups excluding carboxylic acids is 3. The standard InChI is InChI=1S/C12H23NO.C11H21N.C10H17NO.C10H19NO.C10H19N.C7H15N.CH4/c1-11(2,3)10-9(14)7-8-13(10)12(4,5)6;1-10-7-5-6-8-12(9-10)11(2,3)4;1-9(2,3)11-6-8(12)10(7-11)4-5-10;1-9(2,3)11-6-8(12)10(4,5)7-11;1-9-6-5-7-11(8-9)10(2,3)4;1-7(2,3)8-5-4-6-8;/h10H,7-8H2,1-6H3;1,5-9H2,2-4H3;4-7H2,1-3H3;6-7H2,1-5H3;1,5-8H2,2-4H3;4-6H2,1-3H3;1H4. The van der Waals surface area contributed by atoms with Gasteiger partial charge in [0.05, 0.1) is 19.1 Å². The van der Waals surface area contributed by atoms with Gasteiger partial charge in [0.15, 0.2) is 17.3 Å². The van der Waals surface area contributed by atoms with E-state index in [1.54, 1.807) is 0 Å². The average Bonchev–Trinajstić information content (AvgIpc) is 3.64. The second kappa shape index (κ2) is 25.2. The molecule has 0 radical (unpaired) electrons. The molecule has 6 saturated heterocycles. The molecule has 7 fully saturated rings. The summed E-state index contributed by atoms with van der Waals surface area (Å²) >= 11 is 0. The SMILES string of the molecule is C.C=C1CCCCN(C(C)(C)C)C1.C=C1CCCN(C(C)(C)C)C1.CC(C)(C)C1C(=O)CCN1C(C)(C)C.CC(C)(C)N1CC(=O)C2(CC2)C1.CC(C)(C)N1CCC1.CC1(C)CN(C(C)(C)C)CC1=O. The van der Waals surface area contributed by atoms with Crippen LogP contribution in [0.2, 0.25) is 0 Å². The molecule has 7 aliphatic rings. The summed E-state index contributed by atoms with van der Waals surface area (Å²) in [6.45, 7) is 70.1. The highest BCUT2D eigenvalue weighted by Gasteiger charge is 2.56. The Morgan fingerprint density at radius 2 is 0.814 bits per heavy atom. The Bertz CT molecular complexity index is 1630. The van der Waals surface area contributed by atoms with E-state index in [0.717, 1.165) is 52.0 Å². The molecule has 0 aromatic carbocycles. The fourth-order valence-corrected chi connectivity index (χ4v) is 9.92. The smallest absolute Gasteiger partial charge is 0.154 e. The zero-order valence-corrected chi connectivity index (χ0v) is 50.0. The third kappa shape index (κ3) is 21.2. The summed E-state index contributed by atoms with van der Waals surface area (Å²) in [5, 5.41) is 0. The molecule has 1 spiro atoms. The van der Waals surface area contributed by atoms with Crippen molar-refractivity contribution in [3.63, 3.8) is 0 Å². The highest BCUT2D eigenvalue weighted by molar-refractivity contribution is 5.91. The van der Waals surface area contributed by atoms with Crippen LogP contribution in [0.1, 0.15) is 224 Å². The lowest BCUT2D eigenvalue weighted by Gasteiger charge is -2.42. The average molecular weight is 984 g/mol. The molecule has 70 heavy (non-hydrogen) atoms. The van der Waals surface area contributed by atoms with Crippen LogP contribution in [0, 0.1) is 16.2 Å². The van der Waals surface area contributed by atoms with Crippen molar-refractivity contribution in [2.45, 2.75) is 264 Å². The van der Waals surface area contributed by atoms with Crippen molar-refractivity contribution in [3.05, 3.63) is 24.3 Å². The Kier molecular flexibility index (Phi) is 23.8. The third-order valence-electron chi connectivity index (χ3n) is 15.4. The molecule has 9 heteroatoms. The number of Topliss-reactive ketones (excluding diaryl/α,β-unsaturated/α-hetero) is 3. The summed E-state index contributed by atoms with van der Waals surface area (Å²) in [5.41, 5.74) is 4.31. The topological polar surface area (TPSA) is 70.7 Å². The van der Waals surface area contributed by atoms with E-state index < -0.39 is 0 Å². The molecular formula is C61H118N6O3. The van der Waals surface area contributed by atoms with E-state index in [-0.39, 0.29) is 46.3 Å². The number of hydrogen-bond acceptors (Lipinski definition) is 9. The van der Waals surface area contributed by atoms with Gasteiger partial charge in [0.1, 0.15) is 0 Å². The minimum Gasteiger partial charge on any atom is -0.298 e. The highest BCUT2D eigenvalue weighted by atomic mass is 16.1. The molecule has 6 heterocycles. The molecular weight excluding hydrogens is 865 g/mol. The summed E-state index contributed by atoms with van der Waals surface area (Å²) in [7, 11) is 0. The normalized spacial score (nSPS) is 24.3. The van der Waals surface area contributed by atoms with Crippen molar-refractivity contribution < 1.29 is 14.4 Å². The van der Waals surface area contributed by atoms with Crippen molar-refractivity contribution >= 4 is 17.3 Å². The fourth-order valence-electron chi connectivity index (χ4n) is 9.92. The summed E-state index contributed by atoms with van der Waals surface area (Å²) in [5.74, 6) is 1.27. The van der Waals surface area contributed by atoms with E-state index in [1.807, 2.05) is 13.8 Å². The number of piperidine rings is 1. The lowest BCUT2D eigenvalue weighted by molar-refractivity contribution is -0.124. The molecule has 0 N–H and O–H groups in total. The van der Waals surface area contributed by atoms with Gasteiger partial charge < -0.3 is 0 Å². The van der Waals surface area contributed by atoms with Crippen LogP contribution >= 0.6 is 0 Å². The van der Waals surface area contributed by atoms with E-state index in [0.29, 0.717) is 47.1 Å². The van der Waals surface area contributed by atoms with Gasteiger partial charge >= 0.3 is 0 Å². The van der Waals surface area contributed by atoms with Gasteiger partial charge in [0, 0.05) is 83.2 Å². The lowest BCUT2D eigenvalue weighted by atomic mass is 9.83. The monoisotopic (exact) mass is 983 g/mol. The van der Waals surface area contributed by atoms with Crippen LogP contribution in [0.4, 0.5) is 0 Å². The zero-order valence-electron chi connectivity index (χ0n) is 50.0. The van der Waals surface area contributed by atoms with Crippen molar-refractivity contribution in [2.75, 3.05) is 72.0 Å². The molecule has 1 saturated carbocycles. The molecule has 1 aliphatic carbocycles. The van der Waals surface area contributed by atoms with Crippen molar-refractivity contribution in [1.29, 1.82) is 0 Å². The van der Waals surface area contributed by atoms with Gasteiger partial charge in [-0.05, 0) is 208 Å². The van der Waals surface area contributed by atoms with E-state index in [4.69, 9.17) is 0 Å². The Morgan fingerprint density at radius 1 is 0.429 bits per heavy atom. The number of likely N-dealkylation sites (tertiary alicyclic amines) is 6. The van der Waals surface area contributed by atoms with Crippen LogP contribution in [0.25, 0.3) is 0 Å². The first-order valence-electron chi connectivity index (χ1n) is 27.4. The van der Waals surface area contributed by atoms with Gasteiger partial charge in [0.2, 0.25) is 0 Å². The third-order valence-corrected chi connectivity index (χ3v) is 15.4. The first-order valence-corrected chi connectivity index (χ1v) is 27.4. The van der Waals surface area contributed by atoms with E-state index in [2.05, 4.69) is 188 Å². The number of carbonyl (C=O) groups is 3. The van der Waals surface area contributed by atoms with E-state index in [1.165, 1.54) is 75.9 Å². The van der Waals surface area contributed by atoms with Gasteiger partial charge in [-0.1, -0.05) is 66.3 Å². The first-order chi connectivity index (χ1) is 30.9. The van der Waals surface area contributed by atoms with Gasteiger partial charge in [-0.15, -0.1) is 0 Å². The van der Waals surface area contributed by atoms with Crippen LogP contribution in [0.5, 0.6) is 0 Å². The minimum atomic E-state index is -0.132. The molecule has 6 aliphatic heterocycles. The quantitative estimate of drug-likeness (QED) is 0.221. The summed E-state index contributed by atoms with van der Waals surface area (Å²) < 4.78 is 0. The summed E-state index contributed by atoms with van der Waals surface area (Å²) in [4.78, 5) is 49.3. The Balaban J connectivity index is 0.000000421. The molecule has 9 nitrogen and oxygen atoms in total. The number of rotatable bonds is 0. The van der Waals surface area contributed by atoms with Crippen LogP contribution in [0.15, 0.2) is 24.3 Å². The first kappa shape index (κ1) is 66.3. The maximum Gasteiger partial charge on any atom is 0.154 e. The van der Waals surface area contributed by atoms with Crippen molar-refractivity contribution in [3.8, 4) is 0 Å². The fraction of sp³-hybridized carbons (Fsp3) is 0.885. The maximum atomic E-state index is 11.8. The molecule has 1 atom stereocenters. The summed E-state index contributed by atoms with van der Waals surface area (Å²) in [6, 6.07) is 0.0995. The van der Waals surface area contributed by atoms with Crippen molar-refractivity contribution in [2.24, 2.45) is 16.2 Å². The predicted octanol–water partition coefficient (Wildman–Crippen LogP) is 13.0. The predicted molar refractivity (Wildman–Crippen MR) is 304 cm³/mol. The minimum absolute atomic E-state index is 0. The second-order valence-electron chi connectivity index (χ2n) is 29.7. The lowest BCUT2D eigenvalue weighted by Crippen LogP contribution is -2.51. The molecule has 0 aromatic rings. The zero-order chi connectivity index (χ0) is 53.6. The van der Waals surface area contributed by atoms with Crippen LogP contribution in [-0.4, -0.2) is 158 Å². The number of nitrogens with zero attached hydrogens (tertiary/aromatic N) is 6. The Morgan fingerprint density at radius 3 is 1.09 bits per heavy atom.